The van der Waals surface area contributed by atoms with Crippen molar-refractivity contribution in [3.8, 4) is 0 Å². The standard InChI is InChI=1S/C26H31ClFN3O5S2/c1-26(2,3)23(32)22(31-24(33)20-14-16-8-4-5-9-19(16)37-20)25(34)29-12-6-7-13-30-38(35,36)21-11-10-17(28)15-18(21)27/h4-5,8-11,14-15,22-23,30,32H,6-7,12-13H2,1-3H3,(H,29,34)(H,31,33)/t22?,23-/m1/s1. The van der Waals surface area contributed by atoms with Crippen molar-refractivity contribution >= 4 is 54.9 Å². The van der Waals surface area contributed by atoms with Crippen LogP contribution in [0.25, 0.3) is 10.1 Å². The molecule has 0 bridgehead atoms. The SMILES string of the molecule is CC(C)(C)[C@H](O)C(NC(=O)c1cc2ccccc2s1)C(=O)NCCCCNS(=O)(=O)c1ccc(F)cc1Cl. The minimum atomic E-state index is -3.92. The molecule has 0 aliphatic rings. The number of aliphatic hydroxyl groups is 1. The van der Waals surface area contributed by atoms with Crippen molar-refractivity contribution in [2.24, 2.45) is 5.41 Å². The third-order valence-electron chi connectivity index (χ3n) is 5.80. The zero-order valence-corrected chi connectivity index (χ0v) is 23.6. The van der Waals surface area contributed by atoms with Gasteiger partial charge in [0.1, 0.15) is 16.8 Å². The van der Waals surface area contributed by atoms with Crippen LogP contribution >= 0.6 is 22.9 Å². The lowest BCUT2D eigenvalue weighted by Crippen LogP contribution is -2.56. The van der Waals surface area contributed by atoms with E-state index in [4.69, 9.17) is 11.6 Å². The Hall–Kier alpha value is -2.57. The maximum Gasteiger partial charge on any atom is 0.262 e. The van der Waals surface area contributed by atoms with E-state index in [1.165, 1.54) is 11.3 Å². The van der Waals surface area contributed by atoms with E-state index >= 15 is 0 Å². The maximum absolute atomic E-state index is 13.2. The van der Waals surface area contributed by atoms with Crippen molar-refractivity contribution in [1.29, 1.82) is 0 Å². The number of hydrogen-bond acceptors (Lipinski definition) is 6. The van der Waals surface area contributed by atoms with Gasteiger partial charge in [0.25, 0.3) is 5.91 Å². The molecule has 8 nitrogen and oxygen atoms in total. The van der Waals surface area contributed by atoms with Gasteiger partial charge in [0, 0.05) is 17.8 Å². The van der Waals surface area contributed by atoms with Crippen molar-refractivity contribution in [3.05, 3.63) is 64.2 Å². The summed E-state index contributed by atoms with van der Waals surface area (Å²) in [6.07, 6.45) is -0.347. The first kappa shape index (κ1) is 30.0. The van der Waals surface area contributed by atoms with Gasteiger partial charge >= 0.3 is 0 Å². The highest BCUT2D eigenvalue weighted by atomic mass is 35.5. The Labute approximate surface area is 230 Å². The van der Waals surface area contributed by atoms with Gasteiger partial charge in [-0.25, -0.2) is 17.5 Å². The fourth-order valence-electron chi connectivity index (χ4n) is 3.64. The molecule has 1 aromatic heterocycles. The van der Waals surface area contributed by atoms with Gasteiger partial charge in [-0.15, -0.1) is 11.3 Å². The highest BCUT2D eigenvalue weighted by Crippen LogP contribution is 2.27. The predicted molar refractivity (Wildman–Crippen MR) is 147 cm³/mol. The molecular weight excluding hydrogens is 553 g/mol. The van der Waals surface area contributed by atoms with Crippen LogP contribution in [0.5, 0.6) is 0 Å². The van der Waals surface area contributed by atoms with Crippen LogP contribution in [0.3, 0.4) is 0 Å². The van der Waals surface area contributed by atoms with Crippen LogP contribution in [-0.4, -0.2) is 50.6 Å². The predicted octanol–water partition coefficient (Wildman–Crippen LogP) is 4.07. The summed E-state index contributed by atoms with van der Waals surface area (Å²) in [5.41, 5.74) is -0.685. The normalized spacial score (nSPS) is 13.7. The van der Waals surface area contributed by atoms with E-state index in [-0.39, 0.29) is 23.0 Å². The third kappa shape index (κ3) is 7.73. The largest absolute Gasteiger partial charge is 0.390 e. The average molecular weight is 584 g/mol. The minimum absolute atomic E-state index is 0.0721. The van der Waals surface area contributed by atoms with E-state index in [9.17, 15) is 27.5 Å². The van der Waals surface area contributed by atoms with E-state index in [1.807, 2.05) is 24.3 Å². The van der Waals surface area contributed by atoms with Gasteiger partial charge in [0.05, 0.1) is 16.0 Å². The quantitative estimate of drug-likeness (QED) is 0.253. The van der Waals surface area contributed by atoms with E-state index in [0.717, 1.165) is 28.3 Å². The van der Waals surface area contributed by atoms with E-state index in [1.54, 1.807) is 26.8 Å². The first-order chi connectivity index (χ1) is 17.8. The smallest absolute Gasteiger partial charge is 0.262 e. The van der Waals surface area contributed by atoms with Gasteiger partial charge in [-0.3, -0.25) is 9.59 Å². The molecular formula is C26H31ClFN3O5S2. The monoisotopic (exact) mass is 583 g/mol. The number of sulfonamides is 1. The van der Waals surface area contributed by atoms with Crippen LogP contribution in [0.2, 0.25) is 5.02 Å². The summed E-state index contributed by atoms with van der Waals surface area (Å²) < 4.78 is 41.3. The lowest BCUT2D eigenvalue weighted by molar-refractivity contribution is -0.127. The average Bonchev–Trinajstić information content (AvgIpc) is 3.27. The van der Waals surface area contributed by atoms with Crippen molar-refractivity contribution in [3.63, 3.8) is 0 Å². The highest BCUT2D eigenvalue weighted by Gasteiger charge is 2.36. The molecule has 206 valence electrons. The Morgan fingerprint density at radius 2 is 1.76 bits per heavy atom. The molecule has 1 heterocycles. The molecule has 12 heteroatoms. The van der Waals surface area contributed by atoms with E-state index < -0.39 is 45.2 Å². The number of halogens is 2. The second-order valence-corrected chi connectivity index (χ2v) is 13.1. The molecule has 4 N–H and O–H groups in total. The van der Waals surface area contributed by atoms with Crippen LogP contribution in [0.4, 0.5) is 4.39 Å². The van der Waals surface area contributed by atoms with Gasteiger partial charge in [0.15, 0.2) is 0 Å². The molecule has 0 radical (unpaired) electrons. The zero-order chi connectivity index (χ0) is 28.1. The lowest BCUT2D eigenvalue weighted by Gasteiger charge is -2.32. The molecule has 1 unspecified atom stereocenters. The molecule has 0 saturated heterocycles. The van der Waals surface area contributed by atoms with Gasteiger partial charge in [-0.05, 0) is 54.0 Å². The molecule has 2 atom stereocenters. The van der Waals surface area contributed by atoms with Gasteiger partial charge in [0.2, 0.25) is 15.9 Å². The Bertz CT molecular complexity index is 1370. The van der Waals surface area contributed by atoms with Crippen LogP contribution in [-0.2, 0) is 14.8 Å². The molecule has 0 aliphatic heterocycles. The summed E-state index contributed by atoms with van der Waals surface area (Å²) >= 11 is 7.14. The molecule has 2 amide bonds. The fourth-order valence-corrected chi connectivity index (χ4v) is 6.21. The number of rotatable bonds is 11. The van der Waals surface area contributed by atoms with Crippen molar-refractivity contribution in [2.75, 3.05) is 13.1 Å². The summed E-state index contributed by atoms with van der Waals surface area (Å²) in [4.78, 5) is 26.1. The first-order valence-electron chi connectivity index (χ1n) is 12.0. The fraction of sp³-hybridized carbons (Fsp3) is 0.385. The Morgan fingerprint density at radius 1 is 1.08 bits per heavy atom. The topological polar surface area (TPSA) is 125 Å². The molecule has 0 fully saturated rings. The number of thiophene rings is 1. The van der Waals surface area contributed by atoms with Crippen LogP contribution in [0, 0.1) is 11.2 Å². The molecule has 0 aliphatic carbocycles. The van der Waals surface area contributed by atoms with Crippen molar-refractivity contribution < 1.29 is 27.5 Å². The summed E-state index contributed by atoms with van der Waals surface area (Å²) in [6.45, 7) is 5.57. The van der Waals surface area contributed by atoms with E-state index in [0.29, 0.717) is 17.7 Å². The molecule has 3 aromatic rings. The number of benzene rings is 2. The Morgan fingerprint density at radius 3 is 2.42 bits per heavy atom. The number of nitrogens with one attached hydrogen (secondary N) is 3. The van der Waals surface area contributed by atoms with Gasteiger partial charge in [-0.2, -0.15) is 0 Å². The summed E-state index contributed by atoms with van der Waals surface area (Å²) in [5, 5.41) is 16.9. The van der Waals surface area contributed by atoms with Gasteiger partial charge in [-0.1, -0.05) is 50.6 Å². The first-order valence-corrected chi connectivity index (χ1v) is 14.7. The number of fused-ring (bicyclic) bond motifs is 1. The molecule has 38 heavy (non-hydrogen) atoms. The van der Waals surface area contributed by atoms with Crippen LogP contribution in [0.1, 0.15) is 43.3 Å². The number of carbonyl (C=O) groups excluding carboxylic acids is 2. The van der Waals surface area contributed by atoms with Crippen LogP contribution < -0.4 is 15.4 Å². The highest BCUT2D eigenvalue weighted by molar-refractivity contribution is 7.89. The molecule has 0 spiro atoms. The van der Waals surface area contributed by atoms with E-state index in [2.05, 4.69) is 15.4 Å². The Balaban J connectivity index is 1.54. The zero-order valence-electron chi connectivity index (χ0n) is 21.3. The van der Waals surface area contributed by atoms with Gasteiger partial charge < -0.3 is 15.7 Å². The number of hydrogen-bond donors (Lipinski definition) is 4. The maximum atomic E-state index is 13.2. The summed E-state index contributed by atoms with van der Waals surface area (Å²) in [7, 11) is -3.92. The number of amides is 2. The molecule has 2 aromatic carbocycles. The third-order valence-corrected chi connectivity index (χ3v) is 8.86. The second-order valence-electron chi connectivity index (χ2n) is 9.88. The number of unbranched alkanes of at least 4 members (excludes halogenated alkanes) is 1. The number of aliphatic hydroxyl groups excluding tert-OH is 1. The summed E-state index contributed by atoms with van der Waals surface area (Å²) in [6, 6.07) is 11.1. The van der Waals surface area contributed by atoms with Crippen molar-refractivity contribution in [2.45, 2.75) is 50.7 Å². The second kappa shape index (κ2) is 12.5. The summed E-state index contributed by atoms with van der Waals surface area (Å²) in [5.74, 6) is -1.64. The molecule has 0 saturated carbocycles. The molecule has 3 rings (SSSR count). The lowest BCUT2D eigenvalue weighted by atomic mass is 9.84. The minimum Gasteiger partial charge on any atom is -0.390 e. The van der Waals surface area contributed by atoms with Crippen LogP contribution in [0.15, 0.2) is 53.4 Å². The Kier molecular flexibility index (Phi) is 9.88. The number of carbonyl (C=O) groups is 2. The van der Waals surface area contributed by atoms with Crippen molar-refractivity contribution in [1.82, 2.24) is 15.4 Å².